The van der Waals surface area contributed by atoms with Gasteiger partial charge in [-0.15, -0.1) is 0 Å². The van der Waals surface area contributed by atoms with E-state index in [1.807, 2.05) is 19.9 Å². The molecule has 0 aromatic heterocycles. The van der Waals surface area contributed by atoms with Crippen LogP contribution >= 0.6 is 0 Å². The van der Waals surface area contributed by atoms with Crippen LogP contribution in [0.4, 0.5) is 0 Å². The lowest BCUT2D eigenvalue weighted by Gasteiger charge is -2.16. The lowest BCUT2D eigenvalue weighted by molar-refractivity contribution is -0.129. The molecule has 0 spiro atoms. The zero-order valence-corrected chi connectivity index (χ0v) is 6.61. The topological polar surface area (TPSA) is 49.7 Å². The standard InChI is InChI=1S/C8H11NO2/c1-5-3-4-7(8(10)11)9-6(5)2/h3-6H,1-2H3,(H,10,11). The molecule has 0 fully saturated rings. The van der Waals surface area contributed by atoms with E-state index < -0.39 is 5.97 Å². The molecule has 2 atom stereocenters. The Morgan fingerprint density at radius 1 is 1.64 bits per heavy atom. The number of hydrogen-bond donors (Lipinski definition) is 1. The normalized spacial score (nSPS) is 29.8. The van der Waals surface area contributed by atoms with E-state index in [4.69, 9.17) is 5.11 Å². The number of carbonyl (C=O) groups is 1. The van der Waals surface area contributed by atoms with Crippen LogP contribution in [0.25, 0.3) is 0 Å². The second kappa shape index (κ2) is 2.86. The van der Waals surface area contributed by atoms with E-state index in [1.54, 1.807) is 6.08 Å². The first-order valence-electron chi connectivity index (χ1n) is 3.60. The van der Waals surface area contributed by atoms with E-state index in [9.17, 15) is 4.79 Å². The van der Waals surface area contributed by atoms with Crippen molar-refractivity contribution in [2.45, 2.75) is 19.9 Å². The van der Waals surface area contributed by atoms with Crippen LogP contribution in [0.2, 0.25) is 0 Å². The first-order chi connectivity index (χ1) is 5.11. The van der Waals surface area contributed by atoms with Gasteiger partial charge < -0.3 is 5.11 Å². The van der Waals surface area contributed by atoms with Gasteiger partial charge in [-0.2, -0.15) is 0 Å². The summed E-state index contributed by atoms with van der Waals surface area (Å²) >= 11 is 0. The monoisotopic (exact) mass is 153 g/mol. The number of carboxylic acid groups (broad SMARTS) is 1. The number of aliphatic imine (C=N–C) groups is 1. The Bertz CT molecular complexity index is 230. The quantitative estimate of drug-likeness (QED) is 0.613. The van der Waals surface area contributed by atoms with Crippen LogP contribution in [0.5, 0.6) is 0 Å². The fraction of sp³-hybridized carbons (Fsp3) is 0.500. The highest BCUT2D eigenvalue weighted by Crippen LogP contribution is 2.13. The minimum absolute atomic E-state index is 0.0890. The van der Waals surface area contributed by atoms with Gasteiger partial charge in [0.2, 0.25) is 0 Å². The van der Waals surface area contributed by atoms with Crippen LogP contribution in [0, 0.1) is 5.92 Å². The van der Waals surface area contributed by atoms with Crippen LogP contribution in [-0.2, 0) is 4.79 Å². The van der Waals surface area contributed by atoms with Gasteiger partial charge in [-0.05, 0) is 18.9 Å². The first-order valence-corrected chi connectivity index (χ1v) is 3.60. The van der Waals surface area contributed by atoms with Crippen molar-refractivity contribution >= 4 is 11.7 Å². The van der Waals surface area contributed by atoms with E-state index in [0.29, 0.717) is 5.92 Å². The van der Waals surface area contributed by atoms with Gasteiger partial charge in [0.1, 0.15) is 5.71 Å². The highest BCUT2D eigenvalue weighted by molar-refractivity contribution is 6.40. The van der Waals surface area contributed by atoms with Crippen molar-refractivity contribution in [3.63, 3.8) is 0 Å². The van der Waals surface area contributed by atoms with Crippen molar-refractivity contribution in [2.24, 2.45) is 10.9 Å². The van der Waals surface area contributed by atoms with E-state index in [0.717, 1.165) is 0 Å². The van der Waals surface area contributed by atoms with Gasteiger partial charge in [0.25, 0.3) is 0 Å². The van der Waals surface area contributed by atoms with Crippen LogP contribution < -0.4 is 0 Å². The van der Waals surface area contributed by atoms with Crippen molar-refractivity contribution in [1.82, 2.24) is 0 Å². The Morgan fingerprint density at radius 3 is 2.73 bits per heavy atom. The predicted octanol–water partition coefficient (Wildman–Crippen LogP) is 1.11. The first kappa shape index (κ1) is 7.98. The van der Waals surface area contributed by atoms with Gasteiger partial charge >= 0.3 is 5.97 Å². The molecule has 1 aliphatic rings. The largest absolute Gasteiger partial charge is 0.477 e. The summed E-state index contributed by atoms with van der Waals surface area (Å²) in [7, 11) is 0. The summed E-state index contributed by atoms with van der Waals surface area (Å²) in [5, 5.41) is 8.56. The summed E-state index contributed by atoms with van der Waals surface area (Å²) in [5.74, 6) is -0.599. The molecule has 60 valence electrons. The molecular weight excluding hydrogens is 142 g/mol. The Labute approximate surface area is 65.4 Å². The Morgan fingerprint density at radius 2 is 2.27 bits per heavy atom. The van der Waals surface area contributed by atoms with Crippen LogP contribution in [0.3, 0.4) is 0 Å². The van der Waals surface area contributed by atoms with Crippen molar-refractivity contribution in [3.8, 4) is 0 Å². The van der Waals surface area contributed by atoms with Crippen molar-refractivity contribution < 1.29 is 9.90 Å². The molecule has 11 heavy (non-hydrogen) atoms. The number of dihydropyridines is 1. The average molecular weight is 153 g/mol. The molecule has 0 aliphatic carbocycles. The van der Waals surface area contributed by atoms with E-state index >= 15 is 0 Å². The molecule has 1 heterocycles. The maximum Gasteiger partial charge on any atom is 0.354 e. The lowest BCUT2D eigenvalue weighted by Crippen LogP contribution is -2.21. The molecule has 1 rings (SSSR count). The second-order valence-electron chi connectivity index (χ2n) is 2.78. The van der Waals surface area contributed by atoms with E-state index in [-0.39, 0.29) is 11.8 Å². The van der Waals surface area contributed by atoms with Crippen molar-refractivity contribution in [1.29, 1.82) is 0 Å². The minimum Gasteiger partial charge on any atom is -0.477 e. The van der Waals surface area contributed by atoms with Crippen LogP contribution in [-0.4, -0.2) is 22.8 Å². The number of carboxylic acids is 1. The molecule has 3 heteroatoms. The Kier molecular flexibility index (Phi) is 2.08. The average Bonchev–Trinajstić information content (AvgIpc) is 1.94. The highest BCUT2D eigenvalue weighted by atomic mass is 16.4. The van der Waals surface area contributed by atoms with E-state index in [1.165, 1.54) is 0 Å². The Hall–Kier alpha value is -1.12. The number of rotatable bonds is 1. The van der Waals surface area contributed by atoms with Gasteiger partial charge in [-0.3, -0.25) is 4.99 Å². The summed E-state index contributed by atoms with van der Waals surface area (Å²) < 4.78 is 0. The lowest BCUT2D eigenvalue weighted by atomic mass is 10.0. The smallest absolute Gasteiger partial charge is 0.354 e. The van der Waals surface area contributed by atoms with Crippen molar-refractivity contribution in [2.75, 3.05) is 0 Å². The molecule has 0 aromatic carbocycles. The van der Waals surface area contributed by atoms with Gasteiger partial charge in [-0.1, -0.05) is 13.0 Å². The summed E-state index contributed by atoms with van der Waals surface area (Å²) in [4.78, 5) is 14.4. The Balaban J connectivity index is 2.80. The number of aliphatic carboxylic acids is 1. The molecule has 0 amide bonds. The zero-order chi connectivity index (χ0) is 8.43. The number of hydrogen-bond acceptors (Lipinski definition) is 2. The summed E-state index contributed by atoms with van der Waals surface area (Å²) in [6.07, 6.45) is 3.44. The highest BCUT2D eigenvalue weighted by Gasteiger charge is 2.16. The van der Waals surface area contributed by atoms with Crippen LogP contribution in [0.1, 0.15) is 13.8 Å². The molecule has 0 radical (unpaired) electrons. The summed E-state index contributed by atoms with van der Waals surface area (Å²) in [6, 6.07) is 0.0890. The molecular formula is C8H11NO2. The molecule has 0 aromatic rings. The fourth-order valence-corrected chi connectivity index (χ4v) is 0.910. The second-order valence-corrected chi connectivity index (χ2v) is 2.78. The number of nitrogens with zero attached hydrogens (tertiary/aromatic N) is 1. The van der Waals surface area contributed by atoms with E-state index in [2.05, 4.69) is 4.99 Å². The molecule has 1 aliphatic heterocycles. The molecule has 0 saturated heterocycles. The van der Waals surface area contributed by atoms with Crippen molar-refractivity contribution in [3.05, 3.63) is 12.2 Å². The zero-order valence-electron chi connectivity index (χ0n) is 6.61. The summed E-state index contributed by atoms with van der Waals surface area (Å²) in [5.41, 5.74) is 0.163. The SMILES string of the molecule is CC1C=CC(C(=O)O)=NC1C. The minimum atomic E-state index is -0.944. The predicted molar refractivity (Wildman–Crippen MR) is 42.8 cm³/mol. The van der Waals surface area contributed by atoms with Gasteiger partial charge in [0.05, 0.1) is 6.04 Å². The van der Waals surface area contributed by atoms with Gasteiger partial charge in [0, 0.05) is 0 Å². The fourth-order valence-electron chi connectivity index (χ4n) is 0.910. The third-order valence-corrected chi connectivity index (χ3v) is 1.88. The molecule has 1 N–H and O–H groups in total. The summed E-state index contributed by atoms with van der Waals surface area (Å²) in [6.45, 7) is 3.93. The molecule has 3 nitrogen and oxygen atoms in total. The molecule has 0 bridgehead atoms. The van der Waals surface area contributed by atoms with Gasteiger partial charge in [0.15, 0.2) is 0 Å². The van der Waals surface area contributed by atoms with Gasteiger partial charge in [-0.25, -0.2) is 4.79 Å². The maximum absolute atomic E-state index is 10.4. The third kappa shape index (κ3) is 1.67. The molecule has 2 unspecified atom stereocenters. The third-order valence-electron chi connectivity index (χ3n) is 1.88. The molecule has 0 saturated carbocycles. The van der Waals surface area contributed by atoms with Crippen LogP contribution in [0.15, 0.2) is 17.1 Å². The maximum atomic E-state index is 10.4.